The van der Waals surface area contributed by atoms with Crippen molar-refractivity contribution in [2.24, 2.45) is 5.92 Å². The van der Waals surface area contributed by atoms with Gasteiger partial charge in [0.05, 0.1) is 6.42 Å². The normalized spacial score (nSPS) is 20.1. The van der Waals surface area contributed by atoms with Crippen LogP contribution in [-0.2, 0) is 22.4 Å². The van der Waals surface area contributed by atoms with Crippen LogP contribution >= 0.6 is 0 Å². The van der Waals surface area contributed by atoms with Crippen molar-refractivity contribution in [3.05, 3.63) is 35.4 Å². The molecule has 0 aromatic heterocycles. The average molecular weight is 359 g/mol. The van der Waals surface area contributed by atoms with Crippen LogP contribution < -0.4 is 0 Å². The summed E-state index contributed by atoms with van der Waals surface area (Å²) < 4.78 is 0. The van der Waals surface area contributed by atoms with E-state index in [9.17, 15) is 14.4 Å². The van der Waals surface area contributed by atoms with Gasteiger partial charge in [-0.05, 0) is 29.9 Å². The number of amides is 3. The highest BCUT2D eigenvalue weighted by Crippen LogP contribution is 2.22. The number of carbonyl (C=O) groups excluding carboxylic acids is 2. The monoisotopic (exact) mass is 359 g/mol. The van der Waals surface area contributed by atoms with Crippen molar-refractivity contribution in [2.75, 3.05) is 39.8 Å². The van der Waals surface area contributed by atoms with Crippen molar-refractivity contribution < 1.29 is 19.5 Å². The smallest absolute Gasteiger partial charge is 0.320 e. The third-order valence-electron chi connectivity index (χ3n) is 5.17. The van der Waals surface area contributed by atoms with Crippen LogP contribution in [0.1, 0.15) is 17.5 Å². The second-order valence-corrected chi connectivity index (χ2v) is 7.21. The van der Waals surface area contributed by atoms with Crippen LogP contribution in [0.3, 0.4) is 0 Å². The molecule has 2 aliphatic heterocycles. The first-order chi connectivity index (χ1) is 12.4. The van der Waals surface area contributed by atoms with Gasteiger partial charge in [0.1, 0.15) is 6.54 Å². The molecule has 1 N–H and O–H groups in total. The van der Waals surface area contributed by atoms with Crippen LogP contribution in [0.5, 0.6) is 0 Å². The molecule has 26 heavy (non-hydrogen) atoms. The molecule has 2 saturated heterocycles. The van der Waals surface area contributed by atoms with Gasteiger partial charge < -0.3 is 19.8 Å². The number of carboxylic acid groups (broad SMARTS) is 1. The lowest BCUT2D eigenvalue weighted by Crippen LogP contribution is -2.41. The maximum absolute atomic E-state index is 12.5. The van der Waals surface area contributed by atoms with E-state index in [-0.39, 0.29) is 24.9 Å². The Morgan fingerprint density at radius 3 is 2.42 bits per heavy atom. The summed E-state index contributed by atoms with van der Waals surface area (Å²) in [6, 6.07) is 7.59. The number of carbonyl (C=O) groups is 3. The van der Waals surface area contributed by atoms with Crippen molar-refractivity contribution in [1.29, 1.82) is 0 Å². The molecule has 3 rings (SSSR count). The molecule has 2 aliphatic rings. The lowest BCUT2D eigenvalue weighted by atomic mass is 9.97. The van der Waals surface area contributed by atoms with Crippen molar-refractivity contribution in [3.63, 3.8) is 0 Å². The van der Waals surface area contributed by atoms with Crippen LogP contribution in [0.4, 0.5) is 4.79 Å². The van der Waals surface area contributed by atoms with Gasteiger partial charge in [-0.15, -0.1) is 0 Å². The minimum Gasteiger partial charge on any atom is -0.481 e. The Bertz CT molecular complexity index is 689. The largest absolute Gasteiger partial charge is 0.481 e. The summed E-state index contributed by atoms with van der Waals surface area (Å²) in [5.41, 5.74) is 1.96. The van der Waals surface area contributed by atoms with Gasteiger partial charge in [0.15, 0.2) is 0 Å². The zero-order valence-electron chi connectivity index (χ0n) is 15.1. The Balaban J connectivity index is 1.48. The molecule has 3 amide bonds. The Kier molecular flexibility index (Phi) is 5.44. The summed E-state index contributed by atoms with van der Waals surface area (Å²) in [6.45, 7) is 2.90. The topological polar surface area (TPSA) is 81.2 Å². The van der Waals surface area contributed by atoms with E-state index in [0.29, 0.717) is 25.6 Å². The van der Waals surface area contributed by atoms with E-state index >= 15 is 0 Å². The van der Waals surface area contributed by atoms with E-state index < -0.39 is 5.97 Å². The van der Waals surface area contributed by atoms with Crippen LogP contribution in [0.2, 0.25) is 0 Å². The molecule has 1 aromatic carbocycles. The number of urea groups is 1. The average Bonchev–Trinajstić information content (AvgIpc) is 3.18. The molecule has 140 valence electrons. The zero-order chi connectivity index (χ0) is 18.7. The van der Waals surface area contributed by atoms with Crippen LogP contribution in [0, 0.1) is 5.92 Å². The second kappa shape index (κ2) is 7.76. The van der Waals surface area contributed by atoms with Crippen LogP contribution in [-0.4, -0.2) is 77.5 Å². The van der Waals surface area contributed by atoms with E-state index in [1.807, 2.05) is 29.2 Å². The lowest BCUT2D eigenvalue weighted by molar-refractivity contribution is -0.136. The zero-order valence-corrected chi connectivity index (χ0v) is 15.1. The maximum Gasteiger partial charge on any atom is 0.320 e. The molecule has 0 spiro atoms. The summed E-state index contributed by atoms with van der Waals surface area (Å²) in [7, 11) is 1.75. The maximum atomic E-state index is 12.5. The predicted molar refractivity (Wildman–Crippen MR) is 95.8 cm³/mol. The van der Waals surface area contributed by atoms with Gasteiger partial charge in [0.25, 0.3) is 0 Å². The summed E-state index contributed by atoms with van der Waals surface area (Å²) in [5, 5.41) is 8.82. The molecular formula is C19H25N3O4. The summed E-state index contributed by atoms with van der Waals surface area (Å²) >= 11 is 0. The summed E-state index contributed by atoms with van der Waals surface area (Å²) in [5.74, 6) is -0.403. The number of likely N-dealkylation sites (tertiary alicyclic amines) is 1. The first-order valence-electron chi connectivity index (χ1n) is 9.00. The molecule has 7 nitrogen and oxygen atoms in total. The lowest BCUT2D eigenvalue weighted by Gasteiger charge is -2.21. The molecule has 1 atom stereocenters. The predicted octanol–water partition coefficient (Wildman–Crippen LogP) is 1.07. The van der Waals surface area contributed by atoms with Crippen molar-refractivity contribution >= 4 is 17.9 Å². The molecule has 0 bridgehead atoms. The highest BCUT2D eigenvalue weighted by Gasteiger charge is 2.31. The van der Waals surface area contributed by atoms with Crippen molar-refractivity contribution in [2.45, 2.75) is 19.3 Å². The molecule has 1 aromatic rings. The highest BCUT2D eigenvalue weighted by atomic mass is 16.4. The Hall–Kier alpha value is -2.57. The van der Waals surface area contributed by atoms with Gasteiger partial charge in [-0.25, -0.2) is 4.79 Å². The van der Waals surface area contributed by atoms with Gasteiger partial charge in [-0.3, -0.25) is 9.59 Å². The van der Waals surface area contributed by atoms with Gasteiger partial charge in [0.2, 0.25) is 5.91 Å². The van der Waals surface area contributed by atoms with Gasteiger partial charge >= 0.3 is 12.0 Å². The van der Waals surface area contributed by atoms with Crippen molar-refractivity contribution in [1.82, 2.24) is 14.7 Å². The van der Waals surface area contributed by atoms with Gasteiger partial charge in [-0.1, -0.05) is 24.3 Å². The second-order valence-electron chi connectivity index (χ2n) is 7.21. The molecule has 1 unspecified atom stereocenters. The number of nitrogens with zero attached hydrogens (tertiary/aromatic N) is 3. The number of benzene rings is 1. The third-order valence-corrected chi connectivity index (χ3v) is 5.17. The van der Waals surface area contributed by atoms with Crippen molar-refractivity contribution in [3.8, 4) is 0 Å². The molecule has 2 fully saturated rings. The number of rotatable bonds is 6. The Morgan fingerprint density at radius 2 is 1.81 bits per heavy atom. The molecule has 2 heterocycles. The van der Waals surface area contributed by atoms with E-state index in [0.717, 1.165) is 30.5 Å². The van der Waals surface area contributed by atoms with Crippen LogP contribution in [0.25, 0.3) is 0 Å². The van der Waals surface area contributed by atoms with Gasteiger partial charge in [-0.2, -0.15) is 0 Å². The third kappa shape index (κ3) is 4.33. The number of likely N-dealkylation sites (N-methyl/N-ethyl adjacent to an activating group) is 1. The molecular weight excluding hydrogens is 334 g/mol. The fourth-order valence-corrected chi connectivity index (χ4v) is 3.64. The summed E-state index contributed by atoms with van der Waals surface area (Å²) in [6.07, 6.45) is 1.87. The molecule has 0 radical (unpaired) electrons. The fraction of sp³-hybridized carbons (Fsp3) is 0.526. The summed E-state index contributed by atoms with van der Waals surface area (Å²) in [4.78, 5) is 40.2. The minimum atomic E-state index is -0.828. The number of carboxylic acids is 1. The quantitative estimate of drug-likeness (QED) is 0.824. The van der Waals surface area contributed by atoms with E-state index in [4.69, 9.17) is 5.11 Å². The highest BCUT2D eigenvalue weighted by molar-refractivity contribution is 5.85. The van der Waals surface area contributed by atoms with Crippen LogP contribution in [0.15, 0.2) is 24.3 Å². The van der Waals surface area contributed by atoms with E-state index in [1.165, 1.54) is 0 Å². The Labute approximate surface area is 153 Å². The molecule has 0 saturated carbocycles. The molecule has 0 aliphatic carbocycles. The Morgan fingerprint density at radius 1 is 1.12 bits per heavy atom. The van der Waals surface area contributed by atoms with Gasteiger partial charge in [0, 0.05) is 33.2 Å². The van der Waals surface area contributed by atoms with E-state index in [2.05, 4.69) is 0 Å². The molecule has 7 heteroatoms. The number of hydrogen-bond acceptors (Lipinski definition) is 3. The van der Waals surface area contributed by atoms with E-state index in [1.54, 1.807) is 16.8 Å². The first-order valence-corrected chi connectivity index (χ1v) is 9.00. The SMILES string of the molecule is CN1CCN(CC(=O)N2CCC(Cc3ccc(CC(=O)O)cc3)C2)C1=O. The fourth-order valence-electron chi connectivity index (χ4n) is 3.64. The standard InChI is InChI=1S/C19H25N3O4/c1-20-8-9-22(19(20)26)13-17(23)21-7-6-16(12-21)10-14-2-4-15(5-3-14)11-18(24)25/h2-5,16H,6-13H2,1H3,(H,24,25). The minimum absolute atomic E-state index is 0.0213. The first kappa shape index (κ1) is 18.2. The number of hydrogen-bond donors (Lipinski definition) is 1. The number of aliphatic carboxylic acids is 1.